The summed E-state index contributed by atoms with van der Waals surface area (Å²) >= 11 is 0. The normalized spacial score (nSPS) is 27.2. The van der Waals surface area contributed by atoms with Crippen LogP contribution in [0.4, 0.5) is 0 Å². The molecule has 1 aromatic carbocycles. The van der Waals surface area contributed by atoms with Gasteiger partial charge in [0, 0.05) is 12.6 Å². The van der Waals surface area contributed by atoms with E-state index >= 15 is 0 Å². The minimum Gasteiger partial charge on any atom is -0.478 e. The summed E-state index contributed by atoms with van der Waals surface area (Å²) in [6.07, 6.45) is 3.83. The maximum absolute atomic E-state index is 10.8. The van der Waals surface area contributed by atoms with Crippen molar-refractivity contribution in [1.29, 1.82) is 0 Å². The van der Waals surface area contributed by atoms with E-state index in [0.29, 0.717) is 11.6 Å². The average Bonchev–Trinajstić information content (AvgIpc) is 2.36. The highest BCUT2D eigenvalue weighted by atomic mass is 16.4. The fourth-order valence-corrected chi connectivity index (χ4v) is 3.14. The first-order chi connectivity index (χ1) is 9.04. The van der Waals surface area contributed by atoms with Crippen LogP contribution in [0.25, 0.3) is 0 Å². The third kappa shape index (κ3) is 4.06. The molecule has 0 aromatic heterocycles. The molecule has 2 unspecified atom stereocenters. The fourth-order valence-electron chi connectivity index (χ4n) is 3.14. The Balaban J connectivity index is 1.86. The van der Waals surface area contributed by atoms with Crippen molar-refractivity contribution in [2.24, 2.45) is 11.8 Å². The van der Waals surface area contributed by atoms with Crippen LogP contribution in [-0.4, -0.2) is 17.1 Å². The van der Waals surface area contributed by atoms with Crippen LogP contribution < -0.4 is 5.32 Å². The van der Waals surface area contributed by atoms with E-state index in [-0.39, 0.29) is 0 Å². The Morgan fingerprint density at radius 2 is 1.74 bits per heavy atom. The Kier molecular flexibility index (Phi) is 4.59. The highest BCUT2D eigenvalue weighted by Crippen LogP contribution is 2.28. The van der Waals surface area contributed by atoms with E-state index in [0.717, 1.165) is 23.9 Å². The Hall–Kier alpha value is -1.35. The summed E-state index contributed by atoms with van der Waals surface area (Å²) in [7, 11) is 0. The van der Waals surface area contributed by atoms with Gasteiger partial charge in [-0.25, -0.2) is 4.79 Å². The van der Waals surface area contributed by atoms with E-state index in [1.807, 2.05) is 12.1 Å². The van der Waals surface area contributed by atoms with Gasteiger partial charge in [-0.15, -0.1) is 0 Å². The molecule has 104 valence electrons. The first-order valence-corrected chi connectivity index (χ1v) is 7.10. The molecule has 0 saturated heterocycles. The minimum absolute atomic E-state index is 0.351. The van der Waals surface area contributed by atoms with Crippen molar-refractivity contribution in [3.8, 4) is 0 Å². The van der Waals surface area contributed by atoms with Gasteiger partial charge in [0.1, 0.15) is 0 Å². The van der Waals surface area contributed by atoms with Gasteiger partial charge in [-0.2, -0.15) is 0 Å². The molecular weight excluding hydrogens is 238 g/mol. The van der Waals surface area contributed by atoms with E-state index < -0.39 is 5.97 Å². The smallest absolute Gasteiger partial charge is 0.335 e. The number of aromatic carboxylic acids is 1. The molecule has 0 bridgehead atoms. The summed E-state index contributed by atoms with van der Waals surface area (Å²) in [5, 5.41) is 12.5. The fraction of sp³-hybridized carbons (Fsp3) is 0.562. The lowest BCUT2D eigenvalue weighted by Crippen LogP contribution is -2.35. The van der Waals surface area contributed by atoms with Crippen molar-refractivity contribution in [2.45, 2.75) is 45.7 Å². The molecule has 0 radical (unpaired) electrons. The number of hydrogen-bond donors (Lipinski definition) is 2. The second-order valence-electron chi connectivity index (χ2n) is 6.00. The van der Waals surface area contributed by atoms with Crippen LogP contribution in [-0.2, 0) is 6.54 Å². The predicted octanol–water partition coefficient (Wildman–Crippen LogP) is 3.30. The number of carbonyl (C=O) groups is 1. The van der Waals surface area contributed by atoms with Crippen molar-refractivity contribution in [2.75, 3.05) is 0 Å². The van der Waals surface area contributed by atoms with Crippen molar-refractivity contribution < 1.29 is 9.90 Å². The summed E-state index contributed by atoms with van der Waals surface area (Å²) in [5.41, 5.74) is 1.50. The topological polar surface area (TPSA) is 49.3 Å². The third-order valence-electron chi connectivity index (χ3n) is 3.97. The molecule has 1 aliphatic carbocycles. The Bertz CT molecular complexity index is 417. The second kappa shape index (κ2) is 6.20. The minimum atomic E-state index is -0.866. The number of benzene rings is 1. The van der Waals surface area contributed by atoms with Crippen LogP contribution in [0.15, 0.2) is 24.3 Å². The SMILES string of the molecule is CC1CC(C)CC(NCc2ccc(C(=O)O)cc2)C1. The third-order valence-corrected chi connectivity index (χ3v) is 3.97. The molecule has 3 nitrogen and oxygen atoms in total. The Morgan fingerprint density at radius 3 is 2.26 bits per heavy atom. The highest BCUT2D eigenvalue weighted by Gasteiger charge is 2.23. The van der Waals surface area contributed by atoms with E-state index in [1.165, 1.54) is 19.3 Å². The number of rotatable bonds is 4. The van der Waals surface area contributed by atoms with Gasteiger partial charge in [-0.1, -0.05) is 26.0 Å². The van der Waals surface area contributed by atoms with Crippen LogP contribution in [0.1, 0.15) is 49.0 Å². The largest absolute Gasteiger partial charge is 0.478 e. The zero-order valence-electron chi connectivity index (χ0n) is 11.7. The Labute approximate surface area is 115 Å². The lowest BCUT2D eigenvalue weighted by molar-refractivity contribution is 0.0697. The monoisotopic (exact) mass is 261 g/mol. The number of nitrogens with one attached hydrogen (secondary N) is 1. The van der Waals surface area contributed by atoms with Gasteiger partial charge in [0.2, 0.25) is 0 Å². The molecule has 0 amide bonds. The van der Waals surface area contributed by atoms with Gasteiger partial charge in [-0.3, -0.25) is 0 Å². The summed E-state index contributed by atoms with van der Waals surface area (Å²) < 4.78 is 0. The Morgan fingerprint density at radius 1 is 1.16 bits per heavy atom. The predicted molar refractivity (Wildman–Crippen MR) is 76.2 cm³/mol. The van der Waals surface area contributed by atoms with Crippen molar-refractivity contribution >= 4 is 5.97 Å². The van der Waals surface area contributed by atoms with E-state index in [1.54, 1.807) is 12.1 Å². The van der Waals surface area contributed by atoms with Crippen LogP contribution >= 0.6 is 0 Å². The average molecular weight is 261 g/mol. The first kappa shape index (κ1) is 14.1. The molecular formula is C16H23NO2. The second-order valence-corrected chi connectivity index (χ2v) is 6.00. The van der Waals surface area contributed by atoms with Gasteiger partial charge in [0.25, 0.3) is 0 Å². The standard InChI is InChI=1S/C16H23NO2/c1-11-7-12(2)9-15(8-11)17-10-13-3-5-14(6-4-13)16(18)19/h3-6,11-12,15,17H,7-10H2,1-2H3,(H,18,19). The molecule has 3 heteroatoms. The van der Waals surface area contributed by atoms with Crippen LogP contribution in [0.5, 0.6) is 0 Å². The molecule has 1 aliphatic rings. The summed E-state index contributed by atoms with van der Waals surface area (Å²) in [4.78, 5) is 10.8. The van der Waals surface area contributed by atoms with Gasteiger partial charge < -0.3 is 10.4 Å². The molecule has 1 fully saturated rings. The van der Waals surface area contributed by atoms with Gasteiger partial charge in [0.05, 0.1) is 5.56 Å². The van der Waals surface area contributed by atoms with Crippen molar-refractivity contribution in [1.82, 2.24) is 5.32 Å². The van der Waals surface area contributed by atoms with Gasteiger partial charge in [-0.05, 0) is 48.8 Å². The number of hydrogen-bond acceptors (Lipinski definition) is 2. The van der Waals surface area contributed by atoms with Gasteiger partial charge in [0.15, 0.2) is 0 Å². The molecule has 0 aliphatic heterocycles. The quantitative estimate of drug-likeness (QED) is 0.874. The molecule has 1 saturated carbocycles. The van der Waals surface area contributed by atoms with Gasteiger partial charge >= 0.3 is 5.97 Å². The molecule has 2 rings (SSSR count). The molecule has 19 heavy (non-hydrogen) atoms. The molecule has 2 N–H and O–H groups in total. The zero-order chi connectivity index (χ0) is 13.8. The van der Waals surface area contributed by atoms with Crippen LogP contribution in [0, 0.1) is 11.8 Å². The maximum Gasteiger partial charge on any atom is 0.335 e. The maximum atomic E-state index is 10.8. The molecule has 2 atom stereocenters. The van der Waals surface area contributed by atoms with E-state index in [2.05, 4.69) is 19.2 Å². The molecule has 1 aromatic rings. The summed E-state index contributed by atoms with van der Waals surface area (Å²) in [6.45, 7) is 5.47. The lowest BCUT2D eigenvalue weighted by Gasteiger charge is -2.32. The lowest BCUT2D eigenvalue weighted by atomic mass is 9.80. The van der Waals surface area contributed by atoms with E-state index in [9.17, 15) is 4.79 Å². The summed E-state index contributed by atoms with van der Waals surface area (Å²) in [5.74, 6) is 0.737. The summed E-state index contributed by atoms with van der Waals surface area (Å²) in [6, 6.07) is 7.73. The van der Waals surface area contributed by atoms with Crippen LogP contribution in [0.2, 0.25) is 0 Å². The van der Waals surface area contributed by atoms with E-state index in [4.69, 9.17) is 5.11 Å². The number of carboxylic acid groups (broad SMARTS) is 1. The molecule has 0 spiro atoms. The first-order valence-electron chi connectivity index (χ1n) is 7.10. The molecule has 0 heterocycles. The highest BCUT2D eigenvalue weighted by molar-refractivity contribution is 5.87. The van der Waals surface area contributed by atoms with Crippen LogP contribution in [0.3, 0.4) is 0 Å². The van der Waals surface area contributed by atoms with Crippen molar-refractivity contribution in [3.63, 3.8) is 0 Å². The zero-order valence-corrected chi connectivity index (χ0v) is 11.7. The number of carboxylic acids is 1. The van der Waals surface area contributed by atoms with Crippen molar-refractivity contribution in [3.05, 3.63) is 35.4 Å².